The molecule has 1 aromatic carbocycles. The van der Waals surface area contributed by atoms with Crippen molar-refractivity contribution in [3.63, 3.8) is 0 Å². The molecule has 0 saturated heterocycles. The highest BCUT2D eigenvalue weighted by Crippen LogP contribution is 2.23. The maximum atomic E-state index is 14.6. The fourth-order valence-electron chi connectivity index (χ4n) is 4.09. The summed E-state index contributed by atoms with van der Waals surface area (Å²) in [6.07, 6.45) is 3.89. The Bertz CT molecular complexity index is 2010. The molecule has 1 aliphatic rings. The number of ether oxygens (including phenoxy) is 2. The minimum absolute atomic E-state index is 0.0233. The molecule has 16 heteroatoms. The summed E-state index contributed by atoms with van der Waals surface area (Å²) in [5, 5.41) is 29.8. The smallest absolute Gasteiger partial charge is 0.408 e. The Morgan fingerprint density at radius 2 is 2.09 bits per heavy atom. The number of halogens is 1. The van der Waals surface area contributed by atoms with E-state index in [4.69, 9.17) is 14.7 Å². The van der Waals surface area contributed by atoms with Crippen molar-refractivity contribution in [3.05, 3.63) is 68.7 Å². The fraction of sp³-hybridized carbons (Fsp3) is 0.345. The van der Waals surface area contributed by atoms with Gasteiger partial charge in [0, 0.05) is 11.3 Å². The van der Waals surface area contributed by atoms with Gasteiger partial charge in [-0.1, -0.05) is 0 Å². The molecule has 0 aliphatic heterocycles. The van der Waals surface area contributed by atoms with Gasteiger partial charge in [-0.2, -0.15) is 14.9 Å². The van der Waals surface area contributed by atoms with Crippen molar-refractivity contribution in [1.29, 1.82) is 5.26 Å². The summed E-state index contributed by atoms with van der Waals surface area (Å²) >= 11 is 0. The van der Waals surface area contributed by atoms with E-state index in [1.807, 2.05) is 6.07 Å². The van der Waals surface area contributed by atoms with Crippen LogP contribution < -0.4 is 27.0 Å². The molecule has 1 fully saturated rings. The maximum absolute atomic E-state index is 14.6. The average molecular weight is 620 g/mol. The number of carbonyl (C=O) groups excluding carboxylic acids is 2. The zero-order chi connectivity index (χ0) is 32.5. The number of nitriles is 1. The number of rotatable bonds is 8. The second-order valence-corrected chi connectivity index (χ2v) is 11.3. The van der Waals surface area contributed by atoms with Crippen molar-refractivity contribution in [2.24, 2.45) is 4.99 Å². The molecule has 1 amide bonds. The quantitative estimate of drug-likeness (QED) is 0.210. The van der Waals surface area contributed by atoms with Crippen LogP contribution in [0.2, 0.25) is 0 Å². The van der Waals surface area contributed by atoms with Crippen LogP contribution in [0.1, 0.15) is 51.8 Å². The third kappa shape index (κ3) is 7.26. The molecule has 3 aromatic heterocycles. The number of anilines is 2. The van der Waals surface area contributed by atoms with Gasteiger partial charge in [-0.15, -0.1) is 0 Å². The number of H-pyrrole nitrogens is 1. The Labute approximate surface area is 254 Å². The van der Waals surface area contributed by atoms with E-state index < -0.39 is 47.8 Å². The molecule has 1 saturated carbocycles. The van der Waals surface area contributed by atoms with Gasteiger partial charge in [-0.25, -0.2) is 28.3 Å². The molecular weight excluding hydrogens is 589 g/mol. The number of benzene rings is 1. The lowest BCUT2D eigenvalue weighted by molar-refractivity contribution is -0.149. The highest BCUT2D eigenvalue weighted by atomic mass is 19.1. The summed E-state index contributed by atoms with van der Waals surface area (Å²) in [7, 11) is 0. The summed E-state index contributed by atoms with van der Waals surface area (Å²) in [5.41, 5.74) is -0.559. The molecule has 0 radical (unpaired) electrons. The standard InChI is InChI=1S/C29H30FN9O6/c1-15(33-28(43)45-29(2,3)4)26(41)44-14-38-25(40)21(36-27(38)42)10-17-13-32-39-23(34-18-6-7-18)11-22(37-24(17)39)35-20-8-5-16(12-31)9-19(20)30/h5,8-11,13,15,18,35,40H,6-7,14H2,1-4H3,(H,33,43)(H,36,42)/b17-10-,34-23?/t15-/m0/s1. The molecule has 0 bridgehead atoms. The first-order valence-corrected chi connectivity index (χ1v) is 13.9. The van der Waals surface area contributed by atoms with E-state index >= 15 is 0 Å². The molecule has 0 spiro atoms. The Morgan fingerprint density at radius 3 is 2.76 bits per heavy atom. The molecule has 1 atom stereocenters. The first kappa shape index (κ1) is 30.7. The van der Waals surface area contributed by atoms with E-state index in [2.05, 4.69) is 30.7 Å². The van der Waals surface area contributed by atoms with Crippen molar-refractivity contribution in [3.8, 4) is 11.9 Å². The number of nitrogens with zero attached hydrogens (tertiary/aromatic N) is 6. The Kier molecular flexibility index (Phi) is 8.27. The van der Waals surface area contributed by atoms with Crippen molar-refractivity contribution >= 4 is 35.3 Å². The Morgan fingerprint density at radius 1 is 1.33 bits per heavy atom. The molecule has 1 aliphatic carbocycles. The van der Waals surface area contributed by atoms with E-state index in [-0.39, 0.29) is 34.5 Å². The van der Waals surface area contributed by atoms with Crippen LogP contribution in [0.4, 0.5) is 20.7 Å². The zero-order valence-corrected chi connectivity index (χ0v) is 24.8. The second-order valence-electron chi connectivity index (χ2n) is 11.3. The number of alkyl carbamates (subject to hydrolysis) is 1. The lowest BCUT2D eigenvalue weighted by Crippen LogP contribution is -2.42. The molecule has 15 nitrogen and oxygen atoms in total. The van der Waals surface area contributed by atoms with E-state index in [1.54, 1.807) is 26.8 Å². The van der Waals surface area contributed by atoms with E-state index in [0.717, 1.165) is 23.5 Å². The van der Waals surface area contributed by atoms with Crippen LogP contribution in [0.3, 0.4) is 0 Å². The second kappa shape index (κ2) is 12.1. The summed E-state index contributed by atoms with van der Waals surface area (Å²) in [4.78, 5) is 48.7. The third-order valence-electron chi connectivity index (χ3n) is 6.41. The van der Waals surface area contributed by atoms with Gasteiger partial charge in [0.05, 0.1) is 29.6 Å². The summed E-state index contributed by atoms with van der Waals surface area (Å²) in [6, 6.07) is 6.52. The van der Waals surface area contributed by atoms with Gasteiger partial charge in [-0.05, 0) is 64.8 Å². The van der Waals surface area contributed by atoms with Crippen LogP contribution in [0, 0.1) is 17.1 Å². The van der Waals surface area contributed by atoms with Gasteiger partial charge < -0.3 is 30.2 Å². The summed E-state index contributed by atoms with van der Waals surface area (Å²) in [6.45, 7) is 5.75. The summed E-state index contributed by atoms with van der Waals surface area (Å²) < 4.78 is 27.1. The van der Waals surface area contributed by atoms with Gasteiger partial charge in [0.1, 0.15) is 29.0 Å². The highest BCUT2D eigenvalue weighted by Gasteiger charge is 2.23. The highest BCUT2D eigenvalue weighted by molar-refractivity contribution is 5.81. The van der Waals surface area contributed by atoms with Gasteiger partial charge in [0.15, 0.2) is 17.9 Å². The normalized spacial score (nSPS) is 14.7. The predicted octanol–water partition coefficient (Wildman–Crippen LogP) is 1.70. The zero-order valence-electron chi connectivity index (χ0n) is 24.8. The summed E-state index contributed by atoms with van der Waals surface area (Å²) in [5.74, 6) is -1.79. The van der Waals surface area contributed by atoms with Crippen molar-refractivity contribution in [2.45, 2.75) is 65.0 Å². The number of aromatic amines is 1. The van der Waals surface area contributed by atoms with Crippen LogP contribution in [0.15, 0.2) is 40.2 Å². The van der Waals surface area contributed by atoms with Crippen LogP contribution in [0.5, 0.6) is 5.88 Å². The fourth-order valence-corrected chi connectivity index (χ4v) is 4.09. The molecule has 3 heterocycles. The van der Waals surface area contributed by atoms with Crippen molar-refractivity contribution < 1.29 is 28.6 Å². The van der Waals surface area contributed by atoms with Crippen LogP contribution in [-0.2, 0) is 21.0 Å². The maximum Gasteiger partial charge on any atom is 0.408 e. The average Bonchev–Trinajstić information content (AvgIpc) is 3.63. The van der Waals surface area contributed by atoms with E-state index in [1.165, 1.54) is 35.8 Å². The lowest BCUT2D eigenvalue weighted by Gasteiger charge is -2.21. The number of carbonyl (C=O) groups is 2. The minimum atomic E-state index is -1.09. The number of nitrogens with one attached hydrogen (secondary N) is 3. The number of aromatic hydroxyl groups is 1. The topological polar surface area (TPSA) is 201 Å². The number of imidazole rings is 1. The Balaban J connectivity index is 1.41. The number of hydrogen-bond acceptors (Lipinski definition) is 11. The van der Waals surface area contributed by atoms with Crippen LogP contribution in [-0.4, -0.2) is 59.0 Å². The number of esters is 1. The first-order valence-electron chi connectivity index (χ1n) is 13.9. The molecular formula is C29H30FN9O6. The third-order valence-corrected chi connectivity index (χ3v) is 6.41. The number of amides is 1. The molecule has 4 N–H and O–H groups in total. The lowest BCUT2D eigenvalue weighted by atomic mass is 10.2. The molecule has 234 valence electrons. The number of hydrogen-bond donors (Lipinski definition) is 4. The van der Waals surface area contributed by atoms with Crippen LogP contribution in [0.25, 0.3) is 11.7 Å². The van der Waals surface area contributed by atoms with E-state index in [9.17, 15) is 23.9 Å². The van der Waals surface area contributed by atoms with E-state index in [0.29, 0.717) is 10.7 Å². The molecule has 4 aromatic rings. The molecule has 5 rings (SSSR count). The molecule has 45 heavy (non-hydrogen) atoms. The SMILES string of the molecule is C[C@H](NC(=O)OC(C)(C)C)C(=O)OCn1c(O)c(/C=c2/cnn3c(=NC4CC4)cc(Nc4ccc(C#N)cc4F)nc23)[nH]c1=O. The van der Waals surface area contributed by atoms with Gasteiger partial charge in [0.25, 0.3) is 0 Å². The van der Waals surface area contributed by atoms with Gasteiger partial charge in [0.2, 0.25) is 5.88 Å². The van der Waals surface area contributed by atoms with Gasteiger partial charge in [-0.3, -0.25) is 4.99 Å². The number of aromatic nitrogens is 5. The van der Waals surface area contributed by atoms with Crippen molar-refractivity contribution in [1.82, 2.24) is 29.5 Å². The largest absolute Gasteiger partial charge is 0.493 e. The Hall–Kier alpha value is -5.72. The predicted molar refractivity (Wildman–Crippen MR) is 156 cm³/mol. The van der Waals surface area contributed by atoms with Gasteiger partial charge >= 0.3 is 17.8 Å². The van der Waals surface area contributed by atoms with Crippen molar-refractivity contribution in [2.75, 3.05) is 5.32 Å². The minimum Gasteiger partial charge on any atom is -0.493 e. The molecule has 0 unspecified atom stereocenters. The monoisotopic (exact) mass is 619 g/mol. The first-order chi connectivity index (χ1) is 21.3. The van der Waals surface area contributed by atoms with Crippen LogP contribution >= 0.6 is 0 Å². The number of fused-ring (bicyclic) bond motifs is 1.